The molecule has 0 spiro atoms. The van der Waals surface area contributed by atoms with Gasteiger partial charge in [-0.3, -0.25) is 4.79 Å². The largest absolute Gasteiger partial charge is 0.481 e. The zero-order chi connectivity index (χ0) is 10.8. The Hall–Kier alpha value is -0.790. The van der Waals surface area contributed by atoms with Crippen molar-refractivity contribution in [1.82, 2.24) is 0 Å². The summed E-state index contributed by atoms with van der Waals surface area (Å²) in [5.74, 6) is 0.0267. The van der Waals surface area contributed by atoms with Gasteiger partial charge in [-0.15, -0.1) is 0 Å². The fourth-order valence-electron chi connectivity index (χ4n) is 1.59. The average Bonchev–Trinajstić information content (AvgIpc) is 2.15. The van der Waals surface area contributed by atoms with Crippen LogP contribution in [-0.2, 0) is 4.79 Å². The van der Waals surface area contributed by atoms with E-state index in [2.05, 4.69) is 19.1 Å². The molecule has 0 aliphatic heterocycles. The highest BCUT2D eigenvalue weighted by Crippen LogP contribution is 2.18. The summed E-state index contributed by atoms with van der Waals surface area (Å²) in [4.78, 5) is 10.3. The molecular weight excluding hydrogens is 176 g/mol. The predicted molar refractivity (Wildman–Crippen MR) is 59.3 cm³/mol. The van der Waals surface area contributed by atoms with E-state index < -0.39 is 5.97 Å². The summed E-state index contributed by atoms with van der Waals surface area (Å²) in [5, 5.41) is 8.50. The lowest BCUT2D eigenvalue weighted by molar-refractivity contribution is -0.137. The lowest BCUT2D eigenvalue weighted by atomic mass is 9.94. The second-order valence-corrected chi connectivity index (χ2v) is 3.71. The monoisotopic (exact) mass is 198 g/mol. The predicted octanol–water partition coefficient (Wildman–Crippen LogP) is 3.62. The molecule has 1 unspecified atom stereocenters. The van der Waals surface area contributed by atoms with Gasteiger partial charge < -0.3 is 5.11 Å². The van der Waals surface area contributed by atoms with E-state index in [0.29, 0.717) is 12.3 Å². The third kappa shape index (κ3) is 7.84. The number of hydrogen-bond donors (Lipinski definition) is 1. The molecule has 0 fully saturated rings. The van der Waals surface area contributed by atoms with Crippen molar-refractivity contribution in [2.75, 3.05) is 0 Å². The number of rotatable bonds is 8. The van der Waals surface area contributed by atoms with E-state index in [0.717, 1.165) is 25.7 Å². The van der Waals surface area contributed by atoms with Crippen LogP contribution >= 0.6 is 0 Å². The van der Waals surface area contributed by atoms with Crippen LogP contribution in [0.25, 0.3) is 0 Å². The SMILES string of the molecule is C/C=C/CCC(CC)CCCC(=O)O. The van der Waals surface area contributed by atoms with Crippen molar-refractivity contribution in [3.05, 3.63) is 12.2 Å². The van der Waals surface area contributed by atoms with Crippen molar-refractivity contribution in [3.8, 4) is 0 Å². The Balaban J connectivity index is 3.52. The van der Waals surface area contributed by atoms with E-state index in [-0.39, 0.29) is 0 Å². The maximum Gasteiger partial charge on any atom is 0.303 e. The molecule has 0 amide bonds. The zero-order valence-corrected chi connectivity index (χ0v) is 9.33. The van der Waals surface area contributed by atoms with Gasteiger partial charge in [0.15, 0.2) is 0 Å². The molecule has 1 N–H and O–H groups in total. The van der Waals surface area contributed by atoms with Crippen LogP contribution in [0.1, 0.15) is 52.4 Å². The van der Waals surface area contributed by atoms with Crippen LogP contribution in [0.3, 0.4) is 0 Å². The second-order valence-electron chi connectivity index (χ2n) is 3.71. The molecule has 0 heterocycles. The van der Waals surface area contributed by atoms with Crippen LogP contribution in [0.15, 0.2) is 12.2 Å². The fraction of sp³-hybridized carbons (Fsp3) is 0.750. The first-order valence-corrected chi connectivity index (χ1v) is 5.53. The summed E-state index contributed by atoms with van der Waals surface area (Å²) < 4.78 is 0. The molecular formula is C12H22O2. The van der Waals surface area contributed by atoms with Gasteiger partial charge in [0.25, 0.3) is 0 Å². The molecule has 0 saturated heterocycles. The number of aliphatic carboxylic acids is 1. The zero-order valence-electron chi connectivity index (χ0n) is 9.33. The van der Waals surface area contributed by atoms with Crippen LogP contribution < -0.4 is 0 Å². The first kappa shape index (κ1) is 13.2. The summed E-state index contributed by atoms with van der Waals surface area (Å²) in [7, 11) is 0. The molecule has 0 aliphatic rings. The average molecular weight is 198 g/mol. The van der Waals surface area contributed by atoms with E-state index in [1.54, 1.807) is 0 Å². The molecule has 82 valence electrons. The smallest absolute Gasteiger partial charge is 0.303 e. The minimum atomic E-state index is -0.673. The van der Waals surface area contributed by atoms with Crippen LogP contribution in [0, 0.1) is 5.92 Å². The second kappa shape index (κ2) is 8.79. The Morgan fingerprint density at radius 3 is 2.64 bits per heavy atom. The van der Waals surface area contributed by atoms with Gasteiger partial charge in [0.1, 0.15) is 0 Å². The molecule has 0 bridgehead atoms. The maximum atomic E-state index is 10.3. The number of hydrogen-bond acceptors (Lipinski definition) is 1. The molecule has 2 heteroatoms. The molecule has 1 atom stereocenters. The minimum absolute atomic E-state index is 0.320. The van der Waals surface area contributed by atoms with Gasteiger partial charge in [0.2, 0.25) is 0 Å². The number of carbonyl (C=O) groups is 1. The maximum absolute atomic E-state index is 10.3. The molecule has 0 radical (unpaired) electrons. The third-order valence-electron chi connectivity index (χ3n) is 2.56. The minimum Gasteiger partial charge on any atom is -0.481 e. The van der Waals surface area contributed by atoms with E-state index in [1.807, 2.05) is 6.92 Å². The molecule has 0 saturated carbocycles. The summed E-state index contributed by atoms with van der Waals surface area (Å²) in [6.45, 7) is 4.21. The standard InChI is InChI=1S/C12H22O2/c1-3-5-6-8-11(4-2)9-7-10-12(13)14/h3,5,11H,4,6-10H2,1-2H3,(H,13,14)/b5-3+. The Labute approximate surface area is 87.0 Å². The van der Waals surface area contributed by atoms with Gasteiger partial charge in [-0.1, -0.05) is 25.5 Å². The molecule has 0 rings (SSSR count). The van der Waals surface area contributed by atoms with Crippen LogP contribution in [0.2, 0.25) is 0 Å². The lowest BCUT2D eigenvalue weighted by Crippen LogP contribution is -2.01. The van der Waals surface area contributed by atoms with E-state index in [9.17, 15) is 4.79 Å². The summed E-state index contributed by atoms with van der Waals surface area (Å²) in [6.07, 6.45) is 9.94. The lowest BCUT2D eigenvalue weighted by Gasteiger charge is -2.12. The van der Waals surface area contributed by atoms with Crippen LogP contribution in [0.4, 0.5) is 0 Å². The van der Waals surface area contributed by atoms with Crippen molar-refractivity contribution in [2.45, 2.75) is 52.4 Å². The van der Waals surface area contributed by atoms with Gasteiger partial charge in [0, 0.05) is 6.42 Å². The van der Waals surface area contributed by atoms with Gasteiger partial charge in [0.05, 0.1) is 0 Å². The first-order valence-electron chi connectivity index (χ1n) is 5.53. The highest BCUT2D eigenvalue weighted by molar-refractivity contribution is 5.66. The van der Waals surface area contributed by atoms with E-state index in [1.165, 1.54) is 6.42 Å². The van der Waals surface area contributed by atoms with Crippen molar-refractivity contribution < 1.29 is 9.90 Å². The van der Waals surface area contributed by atoms with Crippen molar-refractivity contribution in [1.29, 1.82) is 0 Å². The van der Waals surface area contributed by atoms with E-state index in [4.69, 9.17) is 5.11 Å². The fourth-order valence-corrected chi connectivity index (χ4v) is 1.59. The number of carboxylic acid groups (broad SMARTS) is 1. The summed E-state index contributed by atoms with van der Waals surface area (Å²) >= 11 is 0. The molecule has 0 aromatic carbocycles. The first-order chi connectivity index (χ1) is 6.70. The van der Waals surface area contributed by atoms with Gasteiger partial charge in [-0.25, -0.2) is 0 Å². The van der Waals surface area contributed by atoms with Crippen LogP contribution in [-0.4, -0.2) is 11.1 Å². The molecule has 0 aromatic heterocycles. The molecule has 0 aromatic rings. The van der Waals surface area contributed by atoms with E-state index >= 15 is 0 Å². The quantitative estimate of drug-likeness (QED) is 0.605. The summed E-state index contributed by atoms with van der Waals surface area (Å²) in [5.41, 5.74) is 0. The van der Waals surface area contributed by atoms with Crippen molar-refractivity contribution in [2.24, 2.45) is 5.92 Å². The van der Waals surface area contributed by atoms with Crippen LogP contribution in [0.5, 0.6) is 0 Å². The number of carboxylic acids is 1. The van der Waals surface area contributed by atoms with Gasteiger partial charge in [-0.05, 0) is 38.5 Å². The molecule has 2 nitrogen and oxygen atoms in total. The van der Waals surface area contributed by atoms with Gasteiger partial charge in [-0.2, -0.15) is 0 Å². The van der Waals surface area contributed by atoms with Crippen molar-refractivity contribution >= 4 is 5.97 Å². The van der Waals surface area contributed by atoms with Crippen molar-refractivity contribution in [3.63, 3.8) is 0 Å². The highest BCUT2D eigenvalue weighted by atomic mass is 16.4. The number of allylic oxidation sites excluding steroid dienone is 2. The van der Waals surface area contributed by atoms with Gasteiger partial charge >= 0.3 is 5.97 Å². The summed E-state index contributed by atoms with van der Waals surface area (Å²) in [6, 6.07) is 0. The Bertz CT molecular complexity index is 173. The molecule has 14 heavy (non-hydrogen) atoms. The third-order valence-corrected chi connectivity index (χ3v) is 2.56. The Morgan fingerprint density at radius 2 is 2.14 bits per heavy atom. The Morgan fingerprint density at radius 1 is 1.43 bits per heavy atom. The molecule has 0 aliphatic carbocycles. The Kier molecular flexibility index (Phi) is 8.30. The topological polar surface area (TPSA) is 37.3 Å². The normalized spacial score (nSPS) is 13.3. The highest BCUT2D eigenvalue weighted by Gasteiger charge is 2.06.